The molecule has 0 radical (unpaired) electrons. The second-order valence-corrected chi connectivity index (χ2v) is 4.11. The van der Waals surface area contributed by atoms with Crippen molar-refractivity contribution in [2.75, 3.05) is 18.5 Å². The zero-order chi connectivity index (χ0) is 13.5. The maximum atomic E-state index is 9.22. The third-order valence-corrected chi connectivity index (χ3v) is 2.57. The third kappa shape index (κ3) is 4.31. The van der Waals surface area contributed by atoms with Crippen LogP contribution in [0.15, 0.2) is 47.1 Å². The molecule has 3 N–H and O–H groups in total. The summed E-state index contributed by atoms with van der Waals surface area (Å²) in [7, 11) is 0. The van der Waals surface area contributed by atoms with E-state index in [1.807, 2.05) is 36.4 Å². The summed E-state index contributed by atoms with van der Waals surface area (Å²) < 4.78 is 10.7. The highest BCUT2D eigenvalue weighted by molar-refractivity contribution is 5.46. The maximum absolute atomic E-state index is 9.22. The van der Waals surface area contributed by atoms with Gasteiger partial charge in [0, 0.05) is 12.2 Å². The Hall–Kier alpha value is -1.98. The molecule has 5 nitrogen and oxygen atoms in total. The van der Waals surface area contributed by atoms with Crippen LogP contribution in [0.2, 0.25) is 0 Å². The molecule has 0 aliphatic heterocycles. The average Bonchev–Trinajstić information content (AvgIpc) is 2.97. The largest absolute Gasteiger partial charge is 0.486 e. The minimum atomic E-state index is -0.755. The molecule has 0 aliphatic carbocycles. The third-order valence-electron chi connectivity index (χ3n) is 2.57. The second-order valence-electron chi connectivity index (χ2n) is 4.11. The van der Waals surface area contributed by atoms with Crippen molar-refractivity contribution in [1.82, 2.24) is 0 Å². The van der Waals surface area contributed by atoms with Crippen molar-refractivity contribution in [3.05, 3.63) is 48.4 Å². The predicted octanol–water partition coefficient (Wildman–Crippen LogP) is 1.62. The number of rotatable bonds is 7. The second kappa shape index (κ2) is 6.82. The van der Waals surface area contributed by atoms with Gasteiger partial charge in [-0.05, 0) is 36.4 Å². The van der Waals surface area contributed by atoms with Crippen LogP contribution in [0.1, 0.15) is 5.76 Å². The quantitative estimate of drug-likeness (QED) is 0.708. The highest BCUT2D eigenvalue weighted by atomic mass is 16.5. The van der Waals surface area contributed by atoms with Crippen molar-refractivity contribution in [1.29, 1.82) is 0 Å². The number of nitrogens with one attached hydrogen (secondary N) is 1. The van der Waals surface area contributed by atoms with Crippen molar-refractivity contribution in [3.63, 3.8) is 0 Å². The number of hydrogen-bond acceptors (Lipinski definition) is 5. The molecule has 0 fully saturated rings. The summed E-state index contributed by atoms with van der Waals surface area (Å²) in [6.07, 6.45) is 0.855. The highest BCUT2D eigenvalue weighted by Gasteiger charge is 2.02. The Morgan fingerprint density at radius 2 is 2.00 bits per heavy atom. The summed E-state index contributed by atoms with van der Waals surface area (Å²) in [6.45, 7) is 0.448. The van der Waals surface area contributed by atoms with Gasteiger partial charge < -0.3 is 24.7 Å². The van der Waals surface area contributed by atoms with Gasteiger partial charge in [-0.15, -0.1) is 0 Å². The molecule has 19 heavy (non-hydrogen) atoms. The van der Waals surface area contributed by atoms with Crippen LogP contribution in [-0.4, -0.2) is 29.5 Å². The Bertz CT molecular complexity index is 467. The SMILES string of the molecule is OCC(O)CNc1ccc(OCc2ccco2)cc1. The van der Waals surface area contributed by atoms with Gasteiger partial charge in [0.2, 0.25) is 0 Å². The molecule has 102 valence electrons. The minimum absolute atomic E-state index is 0.253. The normalized spacial score (nSPS) is 12.1. The van der Waals surface area contributed by atoms with E-state index in [2.05, 4.69) is 5.32 Å². The summed E-state index contributed by atoms with van der Waals surface area (Å²) >= 11 is 0. The number of benzene rings is 1. The van der Waals surface area contributed by atoms with Crippen LogP contribution in [0.4, 0.5) is 5.69 Å². The van der Waals surface area contributed by atoms with Crippen molar-refractivity contribution >= 4 is 5.69 Å². The molecule has 1 unspecified atom stereocenters. The van der Waals surface area contributed by atoms with E-state index in [0.717, 1.165) is 17.2 Å². The monoisotopic (exact) mass is 263 g/mol. The standard InChI is InChI=1S/C14H17NO4/c16-9-12(17)8-15-11-3-5-13(6-4-11)19-10-14-2-1-7-18-14/h1-7,12,15-17H,8-10H2. The molecular weight excluding hydrogens is 246 g/mol. The van der Waals surface area contributed by atoms with Gasteiger partial charge in [-0.1, -0.05) is 0 Å². The van der Waals surface area contributed by atoms with Crippen molar-refractivity contribution in [2.45, 2.75) is 12.7 Å². The molecule has 0 bridgehead atoms. The highest BCUT2D eigenvalue weighted by Crippen LogP contribution is 2.17. The van der Waals surface area contributed by atoms with Crippen LogP contribution in [0.3, 0.4) is 0 Å². The van der Waals surface area contributed by atoms with Gasteiger partial charge in [0.25, 0.3) is 0 Å². The van der Waals surface area contributed by atoms with Crippen LogP contribution >= 0.6 is 0 Å². The minimum Gasteiger partial charge on any atom is -0.486 e. The zero-order valence-electron chi connectivity index (χ0n) is 10.5. The molecular formula is C14H17NO4. The fraction of sp³-hybridized carbons (Fsp3) is 0.286. The van der Waals surface area contributed by atoms with E-state index in [9.17, 15) is 5.11 Å². The van der Waals surface area contributed by atoms with E-state index < -0.39 is 6.10 Å². The van der Waals surface area contributed by atoms with Gasteiger partial charge in [0.15, 0.2) is 0 Å². The van der Waals surface area contributed by atoms with Crippen LogP contribution in [0.5, 0.6) is 5.75 Å². The fourth-order valence-corrected chi connectivity index (χ4v) is 1.52. The molecule has 0 aliphatic rings. The van der Waals surface area contributed by atoms with Gasteiger partial charge >= 0.3 is 0 Å². The molecule has 5 heteroatoms. The van der Waals surface area contributed by atoms with Crippen molar-refractivity contribution in [3.8, 4) is 5.75 Å². The summed E-state index contributed by atoms with van der Waals surface area (Å²) in [5.74, 6) is 1.51. The first-order valence-electron chi connectivity index (χ1n) is 6.06. The van der Waals surface area contributed by atoms with Crippen molar-refractivity contribution < 1.29 is 19.4 Å². The summed E-state index contributed by atoms with van der Waals surface area (Å²) in [5.41, 5.74) is 0.859. The summed E-state index contributed by atoms with van der Waals surface area (Å²) in [4.78, 5) is 0. The Morgan fingerprint density at radius 1 is 1.21 bits per heavy atom. The van der Waals surface area contributed by atoms with Crippen LogP contribution in [-0.2, 0) is 6.61 Å². The lowest BCUT2D eigenvalue weighted by atomic mass is 10.3. The lowest BCUT2D eigenvalue weighted by Gasteiger charge is -2.11. The molecule has 0 amide bonds. The zero-order valence-corrected chi connectivity index (χ0v) is 10.5. The smallest absolute Gasteiger partial charge is 0.146 e. The molecule has 1 heterocycles. The van der Waals surface area contributed by atoms with Gasteiger partial charge in [0.1, 0.15) is 18.1 Å². The molecule has 1 aromatic carbocycles. The number of hydrogen-bond donors (Lipinski definition) is 3. The molecule has 2 rings (SSSR count). The molecule has 2 aromatic rings. The Morgan fingerprint density at radius 3 is 2.63 bits per heavy atom. The maximum Gasteiger partial charge on any atom is 0.146 e. The van der Waals surface area contributed by atoms with E-state index in [-0.39, 0.29) is 6.61 Å². The molecule has 0 saturated heterocycles. The van der Waals surface area contributed by atoms with Crippen LogP contribution in [0.25, 0.3) is 0 Å². The molecule has 0 spiro atoms. The number of furan rings is 1. The van der Waals surface area contributed by atoms with E-state index in [0.29, 0.717) is 13.2 Å². The van der Waals surface area contributed by atoms with Gasteiger partial charge in [0.05, 0.1) is 19.0 Å². The topological polar surface area (TPSA) is 74.9 Å². The van der Waals surface area contributed by atoms with Crippen LogP contribution in [0, 0.1) is 0 Å². The van der Waals surface area contributed by atoms with E-state index in [1.54, 1.807) is 6.26 Å². The van der Waals surface area contributed by atoms with Crippen molar-refractivity contribution in [2.24, 2.45) is 0 Å². The Kier molecular flexibility index (Phi) is 4.83. The Balaban J connectivity index is 1.81. The lowest BCUT2D eigenvalue weighted by molar-refractivity contribution is 0.105. The lowest BCUT2D eigenvalue weighted by Crippen LogP contribution is -2.22. The molecule has 1 aromatic heterocycles. The van der Waals surface area contributed by atoms with E-state index in [4.69, 9.17) is 14.3 Å². The first kappa shape index (κ1) is 13.5. The van der Waals surface area contributed by atoms with E-state index >= 15 is 0 Å². The van der Waals surface area contributed by atoms with Gasteiger partial charge in [-0.2, -0.15) is 0 Å². The Labute approximate surface area is 111 Å². The number of aliphatic hydroxyl groups excluding tert-OH is 2. The number of anilines is 1. The first-order valence-corrected chi connectivity index (χ1v) is 6.06. The number of aliphatic hydroxyl groups is 2. The van der Waals surface area contributed by atoms with Gasteiger partial charge in [-0.25, -0.2) is 0 Å². The first-order chi connectivity index (χ1) is 9.28. The summed E-state index contributed by atoms with van der Waals surface area (Å²) in [6, 6.07) is 11.0. The number of ether oxygens (including phenoxy) is 1. The molecule has 0 saturated carbocycles. The van der Waals surface area contributed by atoms with Crippen LogP contribution < -0.4 is 10.1 Å². The molecule has 1 atom stereocenters. The fourth-order valence-electron chi connectivity index (χ4n) is 1.52. The summed E-state index contributed by atoms with van der Waals surface area (Å²) in [5, 5.41) is 20.9. The predicted molar refractivity (Wildman–Crippen MR) is 71.1 cm³/mol. The van der Waals surface area contributed by atoms with E-state index in [1.165, 1.54) is 0 Å². The van der Waals surface area contributed by atoms with Gasteiger partial charge in [-0.3, -0.25) is 0 Å². The average molecular weight is 263 g/mol.